The number of aliphatic hydroxyl groups excluding tert-OH is 1. The number of carbonyl (C=O) groups is 1. The molecule has 3 aromatic heterocycles. The summed E-state index contributed by atoms with van der Waals surface area (Å²) < 4.78 is 15.7. The Morgan fingerprint density at radius 3 is 2.87 bits per heavy atom. The number of allylic oxidation sites excluding steroid dienone is 1. The molecular weight excluding hydrogens is 455 g/mol. The lowest BCUT2D eigenvalue weighted by molar-refractivity contribution is -0.129. The van der Waals surface area contributed by atoms with E-state index in [2.05, 4.69) is 36.3 Å². The molecule has 0 saturated carbocycles. The highest BCUT2D eigenvalue weighted by atomic mass is 79.9. The van der Waals surface area contributed by atoms with Crippen LogP contribution >= 0.6 is 15.9 Å². The summed E-state index contributed by atoms with van der Waals surface area (Å²) in [6.07, 6.45) is 4.62. The highest BCUT2D eigenvalue weighted by Crippen LogP contribution is 2.33. The van der Waals surface area contributed by atoms with Crippen LogP contribution in [0.15, 0.2) is 28.8 Å². The Kier molecular flexibility index (Phi) is 5.29. The summed E-state index contributed by atoms with van der Waals surface area (Å²) in [6, 6.07) is 1.34. The molecule has 0 aromatic carbocycles. The molecule has 4 N–H and O–H groups in total. The molecule has 8 nitrogen and oxygen atoms in total. The average Bonchev–Trinajstić information content (AvgIpc) is 3.13. The van der Waals surface area contributed by atoms with E-state index in [1.165, 1.54) is 17.5 Å². The molecule has 0 bridgehead atoms. The minimum Gasteiger partial charge on any atom is -0.384 e. The third kappa shape index (κ3) is 3.56. The first-order valence-electron chi connectivity index (χ1n) is 9.42. The molecule has 4 rings (SSSR count). The molecule has 0 spiro atoms. The number of pyridine rings is 1. The predicted molar refractivity (Wildman–Crippen MR) is 114 cm³/mol. The zero-order chi connectivity index (χ0) is 21.6. The first kappa shape index (κ1) is 20.4. The van der Waals surface area contributed by atoms with Crippen molar-refractivity contribution >= 4 is 39.4 Å². The lowest BCUT2D eigenvalue weighted by Crippen LogP contribution is -2.35. The number of aliphatic hydroxyl groups is 1. The summed E-state index contributed by atoms with van der Waals surface area (Å²) in [5.41, 5.74) is 10.2. The number of hydrogen-bond acceptors (Lipinski definition) is 6. The van der Waals surface area contributed by atoms with Crippen molar-refractivity contribution < 1.29 is 14.3 Å². The van der Waals surface area contributed by atoms with Gasteiger partial charge < -0.3 is 16.2 Å². The van der Waals surface area contributed by atoms with Crippen LogP contribution in [0.4, 0.5) is 10.2 Å². The molecular formula is C20H20BrFN6O2. The Balaban J connectivity index is 1.81. The SMILES string of the molecule is CC(O)C(=O)NC(C)c1nc2c(-c3cnc4c(c3)C=C(F)CC4)cnn2c(N)c1Br. The summed E-state index contributed by atoms with van der Waals surface area (Å²) in [6.45, 7) is 3.13. The standard InChI is InChI=1S/C20H20BrFN6O2/c1-9(26-20(30)10(2)29)17-16(21)18(23)28-19(27-17)14(8-25-28)12-5-11-6-13(22)3-4-15(11)24-7-12/h5-10,29H,3-4,23H2,1-2H3,(H,26,30). The predicted octanol–water partition coefficient (Wildman–Crippen LogP) is 2.95. The van der Waals surface area contributed by atoms with Crippen LogP contribution in [-0.4, -0.2) is 36.7 Å². The smallest absolute Gasteiger partial charge is 0.249 e. The zero-order valence-electron chi connectivity index (χ0n) is 16.4. The van der Waals surface area contributed by atoms with Crippen molar-refractivity contribution in [3.05, 3.63) is 45.7 Å². The van der Waals surface area contributed by atoms with Crippen molar-refractivity contribution in [2.24, 2.45) is 0 Å². The molecule has 10 heteroatoms. The first-order chi connectivity index (χ1) is 14.3. The fourth-order valence-electron chi connectivity index (χ4n) is 3.38. The summed E-state index contributed by atoms with van der Waals surface area (Å²) >= 11 is 3.43. The maximum atomic E-state index is 13.7. The Morgan fingerprint density at radius 2 is 2.13 bits per heavy atom. The minimum absolute atomic E-state index is 0.169. The molecule has 3 heterocycles. The number of hydrogen-bond donors (Lipinski definition) is 3. The van der Waals surface area contributed by atoms with E-state index < -0.39 is 18.1 Å². The molecule has 1 aliphatic carbocycles. The van der Waals surface area contributed by atoms with E-state index in [0.29, 0.717) is 40.0 Å². The summed E-state index contributed by atoms with van der Waals surface area (Å²) in [4.78, 5) is 21.0. The molecule has 2 atom stereocenters. The number of aryl methyl sites for hydroxylation is 1. The number of nitrogens with two attached hydrogens (primary N) is 1. The fourth-order valence-corrected chi connectivity index (χ4v) is 3.98. The number of halogens is 2. The largest absolute Gasteiger partial charge is 0.384 e. The lowest BCUT2D eigenvalue weighted by Gasteiger charge is -2.18. The van der Waals surface area contributed by atoms with Crippen LogP contribution in [0.3, 0.4) is 0 Å². The van der Waals surface area contributed by atoms with E-state index in [1.807, 2.05) is 6.07 Å². The van der Waals surface area contributed by atoms with E-state index in [0.717, 1.165) is 16.8 Å². The topological polar surface area (TPSA) is 118 Å². The van der Waals surface area contributed by atoms with E-state index in [4.69, 9.17) is 5.73 Å². The van der Waals surface area contributed by atoms with Crippen LogP contribution < -0.4 is 11.1 Å². The van der Waals surface area contributed by atoms with Gasteiger partial charge in [0.2, 0.25) is 5.91 Å². The van der Waals surface area contributed by atoms with Crippen LogP contribution in [0.25, 0.3) is 22.9 Å². The first-order valence-corrected chi connectivity index (χ1v) is 10.2. The highest BCUT2D eigenvalue weighted by Gasteiger charge is 2.22. The molecule has 0 saturated heterocycles. The third-order valence-electron chi connectivity index (χ3n) is 5.02. The Labute approximate surface area is 180 Å². The van der Waals surface area contributed by atoms with Crippen LogP contribution in [-0.2, 0) is 11.2 Å². The summed E-state index contributed by atoms with van der Waals surface area (Å²) in [5.74, 6) is -0.370. The van der Waals surface area contributed by atoms with Gasteiger partial charge in [-0.05, 0) is 53.9 Å². The fraction of sp³-hybridized carbons (Fsp3) is 0.300. The van der Waals surface area contributed by atoms with Gasteiger partial charge in [0.25, 0.3) is 0 Å². The molecule has 0 aliphatic heterocycles. The summed E-state index contributed by atoms with van der Waals surface area (Å²) in [5, 5.41) is 16.5. The molecule has 30 heavy (non-hydrogen) atoms. The number of anilines is 1. The van der Waals surface area contributed by atoms with Crippen LogP contribution in [0, 0.1) is 0 Å². The van der Waals surface area contributed by atoms with Gasteiger partial charge in [0.1, 0.15) is 17.7 Å². The number of carbonyl (C=O) groups excluding carboxylic acids is 1. The van der Waals surface area contributed by atoms with Gasteiger partial charge in [0.15, 0.2) is 5.65 Å². The molecule has 156 valence electrons. The zero-order valence-corrected chi connectivity index (χ0v) is 17.9. The Bertz CT molecular complexity index is 1190. The number of amides is 1. The number of rotatable bonds is 4. The second-order valence-corrected chi connectivity index (χ2v) is 8.04. The van der Waals surface area contributed by atoms with E-state index in [-0.39, 0.29) is 5.83 Å². The van der Waals surface area contributed by atoms with Gasteiger partial charge in [-0.2, -0.15) is 9.61 Å². The maximum absolute atomic E-state index is 13.7. The van der Waals surface area contributed by atoms with Crippen molar-refractivity contribution in [2.75, 3.05) is 5.73 Å². The van der Waals surface area contributed by atoms with Gasteiger partial charge in [-0.3, -0.25) is 9.78 Å². The molecule has 1 amide bonds. The van der Waals surface area contributed by atoms with Crippen LogP contribution in [0.1, 0.15) is 43.3 Å². The van der Waals surface area contributed by atoms with Gasteiger partial charge in [-0.25, -0.2) is 9.37 Å². The normalized spacial score (nSPS) is 15.4. The van der Waals surface area contributed by atoms with Gasteiger partial charge in [-0.15, -0.1) is 0 Å². The minimum atomic E-state index is -1.15. The van der Waals surface area contributed by atoms with Gasteiger partial charge in [0.05, 0.1) is 22.4 Å². The number of aromatic nitrogens is 4. The number of nitrogen functional groups attached to an aromatic ring is 1. The van der Waals surface area contributed by atoms with Gasteiger partial charge >= 0.3 is 0 Å². The van der Waals surface area contributed by atoms with Crippen molar-refractivity contribution in [1.29, 1.82) is 0 Å². The molecule has 3 aromatic rings. The lowest BCUT2D eigenvalue weighted by atomic mass is 9.99. The van der Waals surface area contributed by atoms with Gasteiger partial charge in [-0.1, -0.05) is 0 Å². The van der Waals surface area contributed by atoms with E-state index in [9.17, 15) is 14.3 Å². The molecule has 1 aliphatic rings. The van der Waals surface area contributed by atoms with Gasteiger partial charge in [0, 0.05) is 29.4 Å². The maximum Gasteiger partial charge on any atom is 0.249 e. The van der Waals surface area contributed by atoms with E-state index in [1.54, 1.807) is 19.3 Å². The Hall–Kier alpha value is -2.85. The van der Waals surface area contributed by atoms with Crippen LogP contribution in [0.2, 0.25) is 0 Å². The second-order valence-electron chi connectivity index (χ2n) is 7.25. The number of nitrogens with one attached hydrogen (secondary N) is 1. The monoisotopic (exact) mass is 474 g/mol. The van der Waals surface area contributed by atoms with Crippen molar-refractivity contribution in [2.45, 2.75) is 38.8 Å². The van der Waals surface area contributed by atoms with Crippen LogP contribution in [0.5, 0.6) is 0 Å². The van der Waals surface area contributed by atoms with Crippen molar-refractivity contribution in [3.8, 4) is 11.1 Å². The van der Waals surface area contributed by atoms with Crippen molar-refractivity contribution in [3.63, 3.8) is 0 Å². The molecule has 0 fully saturated rings. The van der Waals surface area contributed by atoms with E-state index >= 15 is 0 Å². The third-order valence-corrected chi connectivity index (χ3v) is 5.84. The van der Waals surface area contributed by atoms with Crippen molar-refractivity contribution in [1.82, 2.24) is 24.9 Å². The quantitative estimate of drug-likeness (QED) is 0.534. The number of fused-ring (bicyclic) bond motifs is 2. The average molecular weight is 475 g/mol. The molecule has 0 radical (unpaired) electrons. The molecule has 2 unspecified atom stereocenters. The highest BCUT2D eigenvalue weighted by molar-refractivity contribution is 9.10. The number of nitrogens with zero attached hydrogens (tertiary/aromatic N) is 4. The second kappa shape index (κ2) is 7.77. The summed E-state index contributed by atoms with van der Waals surface area (Å²) in [7, 11) is 0. The Morgan fingerprint density at radius 1 is 1.37 bits per heavy atom.